The average Bonchev–Trinajstić information content (AvgIpc) is 2.88. The van der Waals surface area contributed by atoms with Gasteiger partial charge in [0.1, 0.15) is 0 Å². The predicted octanol–water partition coefficient (Wildman–Crippen LogP) is 3.39. The van der Waals surface area contributed by atoms with Gasteiger partial charge < -0.3 is 9.55 Å². The Morgan fingerprint density at radius 2 is 1.90 bits per heavy atom. The van der Waals surface area contributed by atoms with Gasteiger partial charge in [-0.15, -0.1) is 0 Å². The monoisotopic (exact) mass is 326 g/mol. The Morgan fingerprint density at radius 1 is 1.24 bits per heavy atom. The molecule has 1 N–H and O–H groups in total. The van der Waals surface area contributed by atoms with Crippen LogP contribution in [0.15, 0.2) is 9.95 Å². The molecule has 1 aliphatic rings. The number of hydrogen-bond donors (Lipinski definition) is 1. The molecule has 0 aliphatic heterocycles. The second-order valence-corrected chi connectivity index (χ2v) is 6.98. The molecule has 1 aliphatic carbocycles. The molecule has 7 heteroatoms. The molecule has 116 valence electrons. The first-order chi connectivity index (χ1) is 9.58. The van der Waals surface area contributed by atoms with Gasteiger partial charge in [0.15, 0.2) is 21.1 Å². The number of rotatable bonds is 2. The van der Waals surface area contributed by atoms with E-state index in [2.05, 4.69) is 9.97 Å². The van der Waals surface area contributed by atoms with E-state index in [1.165, 1.54) is 36.7 Å². The van der Waals surface area contributed by atoms with Crippen LogP contribution in [0.2, 0.25) is 0 Å². The van der Waals surface area contributed by atoms with Crippen LogP contribution in [0.3, 0.4) is 0 Å². The number of aromatic nitrogens is 4. The van der Waals surface area contributed by atoms with Crippen molar-refractivity contribution in [2.45, 2.75) is 49.9 Å². The number of nitrogens with zero attached hydrogens (tertiary/aromatic N) is 3. The van der Waals surface area contributed by atoms with Crippen molar-refractivity contribution < 1.29 is 0 Å². The summed E-state index contributed by atoms with van der Waals surface area (Å²) in [5, 5.41) is 1.45. The fourth-order valence-corrected chi connectivity index (χ4v) is 4.06. The maximum absolute atomic E-state index is 12.2. The molecule has 5 nitrogen and oxygen atoms in total. The fourth-order valence-electron chi connectivity index (χ4n) is 2.70. The molecule has 0 radical (unpaired) electrons. The van der Waals surface area contributed by atoms with E-state index < -0.39 is 0 Å². The lowest BCUT2D eigenvalue weighted by Crippen LogP contribution is -2.21. The third kappa shape index (κ3) is 2.94. The summed E-state index contributed by atoms with van der Waals surface area (Å²) in [6, 6.07) is 0. The molecule has 2 aromatic rings. The van der Waals surface area contributed by atoms with Crippen LogP contribution in [0.1, 0.15) is 39.5 Å². The van der Waals surface area contributed by atoms with E-state index in [0.29, 0.717) is 21.2 Å². The van der Waals surface area contributed by atoms with Gasteiger partial charge in [0, 0.05) is 19.3 Å². The van der Waals surface area contributed by atoms with Crippen LogP contribution in [-0.4, -0.2) is 24.4 Å². The van der Waals surface area contributed by atoms with Crippen LogP contribution in [-0.2, 0) is 14.1 Å². The Bertz CT molecular complexity index is 753. The number of fused-ring (bicyclic) bond motifs is 1. The van der Waals surface area contributed by atoms with Crippen molar-refractivity contribution in [1.29, 1.82) is 0 Å². The Hall–Kier alpha value is -1.08. The minimum atomic E-state index is -0.105. The van der Waals surface area contributed by atoms with E-state index >= 15 is 0 Å². The molecule has 0 saturated heterocycles. The van der Waals surface area contributed by atoms with Crippen LogP contribution in [0, 0.1) is 4.77 Å². The number of nitrogens with one attached hydrogen (secondary N) is 1. The van der Waals surface area contributed by atoms with Gasteiger partial charge in [0.25, 0.3) is 5.56 Å². The standard InChI is InChI=1S/C13H18N4OS2.CH4/c1-16-10-9(11(18)17(2)13(16)19)14-12(15-10)20-8-6-4-3-5-7-8;/h8H,3-7H2,1-2H3,(H,14,15);1H4. The van der Waals surface area contributed by atoms with Crippen molar-refractivity contribution >= 4 is 35.1 Å². The van der Waals surface area contributed by atoms with Crippen molar-refractivity contribution in [2.24, 2.45) is 14.1 Å². The minimum Gasteiger partial charge on any atom is -0.327 e. The number of hydrogen-bond acceptors (Lipinski definition) is 4. The zero-order chi connectivity index (χ0) is 14.3. The normalized spacial score (nSPS) is 16.1. The zero-order valence-corrected chi connectivity index (χ0v) is 13.3. The highest BCUT2D eigenvalue weighted by Crippen LogP contribution is 2.32. The lowest BCUT2D eigenvalue weighted by Gasteiger charge is -2.19. The van der Waals surface area contributed by atoms with Crippen LogP contribution in [0.5, 0.6) is 0 Å². The fraction of sp³-hybridized carbons (Fsp3) is 0.643. The average molecular weight is 326 g/mol. The summed E-state index contributed by atoms with van der Waals surface area (Å²) < 4.78 is 3.75. The molecule has 0 amide bonds. The van der Waals surface area contributed by atoms with E-state index in [4.69, 9.17) is 12.2 Å². The third-order valence-corrected chi connectivity index (χ3v) is 5.67. The van der Waals surface area contributed by atoms with Crippen molar-refractivity contribution in [3.05, 3.63) is 15.1 Å². The zero-order valence-electron chi connectivity index (χ0n) is 11.7. The summed E-state index contributed by atoms with van der Waals surface area (Å²) in [6.45, 7) is 0. The van der Waals surface area contributed by atoms with Gasteiger partial charge in [-0.3, -0.25) is 9.36 Å². The molecule has 0 spiro atoms. The first-order valence-electron chi connectivity index (χ1n) is 6.90. The molecule has 21 heavy (non-hydrogen) atoms. The summed E-state index contributed by atoms with van der Waals surface area (Å²) in [6.07, 6.45) is 6.40. The van der Waals surface area contributed by atoms with Crippen molar-refractivity contribution in [3.63, 3.8) is 0 Å². The van der Waals surface area contributed by atoms with Gasteiger partial charge in [-0.25, -0.2) is 4.98 Å². The van der Waals surface area contributed by atoms with E-state index in [-0.39, 0.29) is 13.0 Å². The first-order valence-corrected chi connectivity index (χ1v) is 8.19. The Balaban J connectivity index is 0.00000161. The molecule has 3 rings (SSSR count). The van der Waals surface area contributed by atoms with Gasteiger partial charge >= 0.3 is 0 Å². The summed E-state index contributed by atoms with van der Waals surface area (Å²) in [5.41, 5.74) is 1.09. The maximum Gasteiger partial charge on any atom is 0.280 e. The molecule has 1 saturated carbocycles. The third-order valence-electron chi connectivity index (χ3n) is 3.90. The Labute approximate surface area is 133 Å². The second-order valence-electron chi connectivity index (χ2n) is 5.32. The van der Waals surface area contributed by atoms with Gasteiger partial charge in [-0.1, -0.05) is 38.5 Å². The largest absolute Gasteiger partial charge is 0.327 e. The lowest BCUT2D eigenvalue weighted by molar-refractivity contribution is 0.515. The SMILES string of the molecule is C.Cn1c(=O)c2[nH]c(SC3CCCCC3)nc2n(C)c1=S. The smallest absolute Gasteiger partial charge is 0.280 e. The molecular formula is C14H22N4OS2. The number of imidazole rings is 1. The molecule has 0 bridgehead atoms. The van der Waals surface area contributed by atoms with Crippen LogP contribution in [0.4, 0.5) is 0 Å². The molecule has 0 atom stereocenters. The predicted molar refractivity (Wildman–Crippen MR) is 90.6 cm³/mol. The topological polar surface area (TPSA) is 55.6 Å². The number of aromatic amines is 1. The van der Waals surface area contributed by atoms with Gasteiger partial charge in [-0.05, 0) is 25.1 Å². The summed E-state index contributed by atoms with van der Waals surface area (Å²) in [5.74, 6) is 0. The molecule has 0 unspecified atom stereocenters. The van der Waals surface area contributed by atoms with Gasteiger partial charge in [-0.2, -0.15) is 0 Å². The first kappa shape index (κ1) is 16.3. The lowest BCUT2D eigenvalue weighted by atomic mass is 10.0. The van der Waals surface area contributed by atoms with E-state index in [0.717, 1.165) is 5.16 Å². The number of H-pyrrole nitrogens is 1. The summed E-state index contributed by atoms with van der Waals surface area (Å²) >= 11 is 7.00. The second kappa shape index (κ2) is 6.36. The van der Waals surface area contributed by atoms with Crippen LogP contribution in [0.25, 0.3) is 11.2 Å². The Kier molecular flexibility index (Phi) is 4.93. The molecule has 2 heterocycles. The minimum absolute atomic E-state index is 0. The number of aryl methyl sites for hydroxylation is 1. The Morgan fingerprint density at radius 3 is 2.57 bits per heavy atom. The molecule has 1 fully saturated rings. The summed E-state index contributed by atoms with van der Waals surface area (Å²) in [4.78, 5) is 19.9. The van der Waals surface area contributed by atoms with Crippen LogP contribution >= 0.6 is 24.0 Å². The van der Waals surface area contributed by atoms with Crippen molar-refractivity contribution in [2.75, 3.05) is 0 Å². The highest BCUT2D eigenvalue weighted by Gasteiger charge is 2.18. The van der Waals surface area contributed by atoms with E-state index in [1.807, 2.05) is 7.05 Å². The van der Waals surface area contributed by atoms with Crippen LogP contribution < -0.4 is 5.56 Å². The van der Waals surface area contributed by atoms with E-state index in [9.17, 15) is 4.79 Å². The molecule has 0 aromatic carbocycles. The van der Waals surface area contributed by atoms with Gasteiger partial charge in [0.2, 0.25) is 0 Å². The summed E-state index contributed by atoms with van der Waals surface area (Å²) in [7, 11) is 3.54. The number of thioether (sulfide) groups is 1. The quantitative estimate of drug-likeness (QED) is 0.860. The van der Waals surface area contributed by atoms with E-state index in [1.54, 1.807) is 23.4 Å². The highest BCUT2D eigenvalue weighted by atomic mass is 32.2. The molecular weight excluding hydrogens is 304 g/mol. The maximum atomic E-state index is 12.2. The van der Waals surface area contributed by atoms with Crippen molar-refractivity contribution in [3.8, 4) is 0 Å². The molecule has 2 aromatic heterocycles. The highest BCUT2D eigenvalue weighted by molar-refractivity contribution is 7.99. The van der Waals surface area contributed by atoms with Gasteiger partial charge in [0.05, 0.1) is 0 Å². The van der Waals surface area contributed by atoms with Crippen molar-refractivity contribution in [1.82, 2.24) is 19.1 Å².